The monoisotopic (exact) mass is 455 g/mol. The molecule has 134 valence electrons. The summed E-state index contributed by atoms with van der Waals surface area (Å²) in [4.78, 5) is 15.2. The van der Waals surface area contributed by atoms with Crippen LogP contribution in [-0.4, -0.2) is 17.3 Å². The second kappa shape index (κ2) is 7.46. The van der Waals surface area contributed by atoms with E-state index in [0.717, 1.165) is 32.2 Å². The Morgan fingerprint density at radius 3 is 2.44 bits per heavy atom. The van der Waals surface area contributed by atoms with Crippen molar-refractivity contribution in [2.45, 2.75) is 0 Å². The molecular weight excluding hydrogens is 442 g/mol. The molecule has 0 N–H and O–H groups in total. The van der Waals surface area contributed by atoms with E-state index in [0.29, 0.717) is 9.23 Å². The third kappa shape index (κ3) is 3.40. The van der Waals surface area contributed by atoms with Gasteiger partial charge in [-0.05, 0) is 47.4 Å². The number of nitrogens with zero attached hydrogens (tertiary/aromatic N) is 1. The molecule has 0 aliphatic carbocycles. The third-order valence-electron chi connectivity index (χ3n) is 4.30. The van der Waals surface area contributed by atoms with E-state index in [2.05, 4.69) is 15.9 Å². The van der Waals surface area contributed by atoms with Crippen molar-refractivity contribution < 1.29 is 9.53 Å². The van der Waals surface area contributed by atoms with Gasteiger partial charge in [0.2, 0.25) is 0 Å². The maximum atomic E-state index is 13.0. The molecule has 3 nitrogen and oxygen atoms in total. The van der Waals surface area contributed by atoms with Crippen LogP contribution in [0, 0.1) is 0 Å². The van der Waals surface area contributed by atoms with Crippen LogP contribution in [0.5, 0.6) is 5.75 Å². The van der Waals surface area contributed by atoms with E-state index in [1.165, 1.54) is 11.8 Å². The van der Waals surface area contributed by atoms with E-state index in [4.69, 9.17) is 17.0 Å². The number of thiocarbonyl (C=S) groups is 1. The van der Waals surface area contributed by atoms with Gasteiger partial charge in [-0.25, -0.2) is 0 Å². The molecule has 1 fully saturated rings. The Bertz CT molecular complexity index is 1090. The van der Waals surface area contributed by atoms with Gasteiger partial charge >= 0.3 is 0 Å². The number of hydrogen-bond acceptors (Lipinski definition) is 4. The molecule has 0 unspecified atom stereocenters. The van der Waals surface area contributed by atoms with Crippen LogP contribution in [0.15, 0.2) is 70.0 Å². The molecule has 4 rings (SSSR count). The van der Waals surface area contributed by atoms with Gasteiger partial charge in [0, 0.05) is 9.86 Å². The van der Waals surface area contributed by atoms with E-state index in [1.54, 1.807) is 12.0 Å². The van der Waals surface area contributed by atoms with Gasteiger partial charge in [0.1, 0.15) is 5.75 Å². The molecular formula is C21H14BrNO2S2. The molecule has 1 saturated heterocycles. The zero-order valence-electron chi connectivity index (χ0n) is 14.3. The van der Waals surface area contributed by atoms with Crippen LogP contribution >= 0.6 is 39.9 Å². The van der Waals surface area contributed by atoms with Crippen molar-refractivity contribution in [3.63, 3.8) is 0 Å². The summed E-state index contributed by atoms with van der Waals surface area (Å²) in [6.45, 7) is 0. The van der Waals surface area contributed by atoms with Gasteiger partial charge in [-0.2, -0.15) is 0 Å². The Hall–Kier alpha value is -2.15. The number of carbonyl (C=O) groups is 1. The topological polar surface area (TPSA) is 29.5 Å². The van der Waals surface area contributed by atoms with Gasteiger partial charge in [0.05, 0.1) is 17.7 Å². The lowest BCUT2D eigenvalue weighted by Crippen LogP contribution is -2.27. The Balaban J connectivity index is 1.75. The lowest BCUT2D eigenvalue weighted by atomic mass is 10.0. The lowest BCUT2D eigenvalue weighted by molar-refractivity contribution is -0.113. The van der Waals surface area contributed by atoms with Gasteiger partial charge in [-0.15, -0.1) is 0 Å². The van der Waals surface area contributed by atoms with Crippen LogP contribution < -0.4 is 9.64 Å². The minimum Gasteiger partial charge on any atom is -0.496 e. The summed E-state index contributed by atoms with van der Waals surface area (Å²) < 4.78 is 6.94. The number of halogens is 1. The molecule has 1 amide bonds. The highest BCUT2D eigenvalue weighted by atomic mass is 79.9. The van der Waals surface area contributed by atoms with Crippen molar-refractivity contribution in [3.8, 4) is 5.75 Å². The van der Waals surface area contributed by atoms with Crippen LogP contribution in [0.25, 0.3) is 16.8 Å². The van der Waals surface area contributed by atoms with Gasteiger partial charge in [-0.3, -0.25) is 9.69 Å². The van der Waals surface area contributed by atoms with E-state index >= 15 is 0 Å². The number of hydrogen-bond donors (Lipinski definition) is 0. The summed E-state index contributed by atoms with van der Waals surface area (Å²) in [5.41, 5.74) is 1.73. The SMILES string of the molecule is COc1ccc(/C=C2/SC(=S)N(c3ccc(Br)cc3)C2=O)c2ccccc12. The summed E-state index contributed by atoms with van der Waals surface area (Å²) in [6.07, 6.45) is 1.90. The number of methoxy groups -OCH3 is 1. The largest absolute Gasteiger partial charge is 0.496 e. The van der Waals surface area contributed by atoms with Crippen LogP contribution in [-0.2, 0) is 4.79 Å². The summed E-state index contributed by atoms with van der Waals surface area (Å²) >= 11 is 10.2. The minimum atomic E-state index is -0.104. The van der Waals surface area contributed by atoms with E-state index in [-0.39, 0.29) is 5.91 Å². The molecule has 0 atom stereocenters. The molecule has 1 heterocycles. The van der Waals surface area contributed by atoms with Crippen LogP contribution in [0.4, 0.5) is 5.69 Å². The van der Waals surface area contributed by atoms with Crippen LogP contribution in [0.2, 0.25) is 0 Å². The summed E-state index contributed by atoms with van der Waals surface area (Å²) in [6, 6.07) is 19.4. The molecule has 3 aromatic rings. The molecule has 6 heteroatoms. The van der Waals surface area contributed by atoms with Crippen molar-refractivity contribution in [3.05, 3.63) is 75.6 Å². The second-order valence-corrected chi connectivity index (χ2v) is 8.49. The van der Waals surface area contributed by atoms with Crippen LogP contribution in [0.1, 0.15) is 5.56 Å². The normalized spacial score (nSPS) is 15.8. The first-order chi connectivity index (χ1) is 13.1. The van der Waals surface area contributed by atoms with Crippen molar-refractivity contribution in [2.75, 3.05) is 12.0 Å². The highest BCUT2D eigenvalue weighted by Crippen LogP contribution is 2.38. The number of rotatable bonds is 3. The van der Waals surface area contributed by atoms with Gasteiger partial charge in [0.25, 0.3) is 5.91 Å². The fourth-order valence-electron chi connectivity index (χ4n) is 3.02. The fourth-order valence-corrected chi connectivity index (χ4v) is 4.57. The number of thioether (sulfide) groups is 1. The molecule has 27 heavy (non-hydrogen) atoms. The van der Waals surface area contributed by atoms with E-state index in [1.807, 2.05) is 66.7 Å². The zero-order chi connectivity index (χ0) is 19.0. The fraction of sp³-hybridized carbons (Fsp3) is 0.0476. The predicted octanol–water partition coefficient (Wildman–Crippen LogP) is 6.02. The predicted molar refractivity (Wildman–Crippen MR) is 120 cm³/mol. The molecule has 0 saturated carbocycles. The van der Waals surface area contributed by atoms with Gasteiger partial charge in [-0.1, -0.05) is 70.2 Å². The highest BCUT2D eigenvalue weighted by Gasteiger charge is 2.33. The number of anilines is 1. The second-order valence-electron chi connectivity index (χ2n) is 5.90. The highest BCUT2D eigenvalue weighted by molar-refractivity contribution is 9.10. The number of benzene rings is 3. The summed E-state index contributed by atoms with van der Waals surface area (Å²) in [7, 11) is 1.66. The van der Waals surface area contributed by atoms with E-state index in [9.17, 15) is 4.79 Å². The third-order valence-corrected chi connectivity index (χ3v) is 6.13. The van der Waals surface area contributed by atoms with E-state index < -0.39 is 0 Å². The van der Waals surface area contributed by atoms with Crippen molar-refractivity contribution >= 4 is 72.7 Å². The molecule has 1 aliphatic heterocycles. The smallest absolute Gasteiger partial charge is 0.270 e. The number of ether oxygens (including phenoxy) is 1. The van der Waals surface area contributed by atoms with Crippen molar-refractivity contribution in [2.24, 2.45) is 0 Å². The summed E-state index contributed by atoms with van der Waals surface area (Å²) in [5, 5.41) is 2.04. The first-order valence-electron chi connectivity index (χ1n) is 8.18. The minimum absolute atomic E-state index is 0.104. The maximum absolute atomic E-state index is 13.0. The van der Waals surface area contributed by atoms with Gasteiger partial charge in [0.15, 0.2) is 4.32 Å². The number of carbonyl (C=O) groups excluding carboxylic acids is 1. The van der Waals surface area contributed by atoms with Gasteiger partial charge < -0.3 is 4.74 Å². The van der Waals surface area contributed by atoms with Crippen molar-refractivity contribution in [1.82, 2.24) is 0 Å². The average Bonchev–Trinajstić information content (AvgIpc) is 2.96. The first-order valence-corrected chi connectivity index (χ1v) is 10.2. The first kappa shape index (κ1) is 18.2. The Morgan fingerprint density at radius 1 is 1.04 bits per heavy atom. The zero-order valence-corrected chi connectivity index (χ0v) is 17.5. The molecule has 0 bridgehead atoms. The average molecular weight is 456 g/mol. The molecule has 0 radical (unpaired) electrons. The van der Waals surface area contributed by atoms with Crippen LogP contribution in [0.3, 0.4) is 0 Å². The lowest BCUT2D eigenvalue weighted by Gasteiger charge is -2.14. The molecule has 0 spiro atoms. The Kier molecular flexibility index (Phi) is 5.04. The maximum Gasteiger partial charge on any atom is 0.270 e. The number of amides is 1. The summed E-state index contributed by atoms with van der Waals surface area (Å²) in [5.74, 6) is 0.706. The quantitative estimate of drug-likeness (QED) is 0.356. The molecule has 3 aromatic carbocycles. The molecule has 0 aromatic heterocycles. The Labute approximate surface area is 175 Å². The standard InChI is InChI=1S/C21H14BrNO2S2/c1-25-18-11-6-13(16-4-2-3-5-17(16)18)12-19-20(24)23(21(26)27-19)15-9-7-14(22)8-10-15/h2-12H,1H3/b19-12+. The van der Waals surface area contributed by atoms with Crippen molar-refractivity contribution in [1.29, 1.82) is 0 Å². The Morgan fingerprint density at radius 2 is 1.74 bits per heavy atom. The number of fused-ring (bicyclic) bond motifs is 1. The molecule has 1 aliphatic rings.